The summed E-state index contributed by atoms with van der Waals surface area (Å²) in [5, 5.41) is 10.0. The molecule has 1 heterocycles. The first-order chi connectivity index (χ1) is 11.9. The van der Waals surface area contributed by atoms with Crippen LogP contribution in [0.15, 0.2) is 36.7 Å². The molecule has 0 aliphatic rings. The standard InChI is InChI=1S/C18H25N5O2.ClH/c1-19-16(15-11-21-23(4)12-15)17(24)20-9-8-13-6-5-7-14(10-13)18(25)22(2)3;/h5-7,10-12,16,19H,8-9H2,1-4H3,(H,20,24);1H. The number of halogens is 1. The second kappa shape index (κ2) is 9.94. The Kier molecular flexibility index (Phi) is 8.28. The third-order valence-electron chi connectivity index (χ3n) is 3.90. The van der Waals surface area contributed by atoms with Gasteiger partial charge in [-0.2, -0.15) is 5.10 Å². The van der Waals surface area contributed by atoms with E-state index < -0.39 is 6.04 Å². The first-order valence-corrected chi connectivity index (χ1v) is 8.16. The van der Waals surface area contributed by atoms with E-state index in [0.717, 1.165) is 11.1 Å². The number of aryl methyl sites for hydroxylation is 1. The molecule has 0 aliphatic heterocycles. The van der Waals surface area contributed by atoms with Gasteiger partial charge in [-0.3, -0.25) is 14.3 Å². The number of nitrogens with one attached hydrogen (secondary N) is 2. The maximum Gasteiger partial charge on any atom is 0.253 e. The molecular formula is C18H26ClN5O2. The fourth-order valence-corrected chi connectivity index (χ4v) is 2.59. The lowest BCUT2D eigenvalue weighted by molar-refractivity contribution is -0.123. The summed E-state index contributed by atoms with van der Waals surface area (Å²) in [5.74, 6) is -0.131. The number of likely N-dealkylation sites (N-methyl/N-ethyl adjacent to an activating group) is 1. The molecular weight excluding hydrogens is 354 g/mol. The molecule has 1 atom stereocenters. The second-order valence-electron chi connectivity index (χ2n) is 6.11. The Morgan fingerprint density at radius 3 is 2.62 bits per heavy atom. The molecule has 7 nitrogen and oxygen atoms in total. The van der Waals surface area contributed by atoms with Crippen LogP contribution in [0.3, 0.4) is 0 Å². The van der Waals surface area contributed by atoms with E-state index in [1.54, 1.807) is 43.0 Å². The Labute approximate surface area is 160 Å². The smallest absolute Gasteiger partial charge is 0.253 e. The molecule has 0 saturated carbocycles. The van der Waals surface area contributed by atoms with Gasteiger partial charge in [-0.25, -0.2) is 0 Å². The number of hydrogen-bond donors (Lipinski definition) is 2. The van der Waals surface area contributed by atoms with Gasteiger partial charge in [-0.1, -0.05) is 12.1 Å². The molecule has 0 bridgehead atoms. The van der Waals surface area contributed by atoms with Crippen LogP contribution in [-0.2, 0) is 18.3 Å². The Hall–Kier alpha value is -2.38. The number of carbonyl (C=O) groups excluding carboxylic acids is 2. The summed E-state index contributed by atoms with van der Waals surface area (Å²) in [7, 11) is 7.01. The highest BCUT2D eigenvalue weighted by molar-refractivity contribution is 5.94. The van der Waals surface area contributed by atoms with Crippen molar-refractivity contribution < 1.29 is 9.59 Å². The summed E-state index contributed by atoms with van der Waals surface area (Å²) in [6.07, 6.45) is 4.15. The van der Waals surface area contributed by atoms with Crippen molar-refractivity contribution in [3.63, 3.8) is 0 Å². The van der Waals surface area contributed by atoms with E-state index in [1.807, 2.05) is 31.4 Å². The minimum Gasteiger partial charge on any atom is -0.354 e. The van der Waals surface area contributed by atoms with Gasteiger partial charge in [0.1, 0.15) is 6.04 Å². The monoisotopic (exact) mass is 379 g/mol. The van der Waals surface area contributed by atoms with E-state index in [1.165, 1.54) is 0 Å². The Morgan fingerprint density at radius 2 is 2.04 bits per heavy atom. The van der Waals surface area contributed by atoms with Gasteiger partial charge in [0.2, 0.25) is 5.91 Å². The summed E-state index contributed by atoms with van der Waals surface area (Å²) in [4.78, 5) is 25.9. The molecule has 0 aliphatic carbocycles. The van der Waals surface area contributed by atoms with Gasteiger partial charge in [0.25, 0.3) is 5.91 Å². The minimum atomic E-state index is -0.435. The van der Waals surface area contributed by atoms with Gasteiger partial charge in [0, 0.05) is 45.0 Å². The molecule has 0 radical (unpaired) electrons. The van der Waals surface area contributed by atoms with Gasteiger partial charge in [-0.05, 0) is 31.2 Å². The molecule has 142 valence electrons. The molecule has 1 unspecified atom stereocenters. The van der Waals surface area contributed by atoms with E-state index in [-0.39, 0.29) is 24.2 Å². The van der Waals surface area contributed by atoms with Gasteiger partial charge < -0.3 is 15.5 Å². The van der Waals surface area contributed by atoms with Crippen molar-refractivity contribution in [3.05, 3.63) is 53.3 Å². The maximum absolute atomic E-state index is 12.4. The van der Waals surface area contributed by atoms with Crippen molar-refractivity contribution in [1.29, 1.82) is 0 Å². The lowest BCUT2D eigenvalue weighted by Gasteiger charge is -2.15. The summed E-state index contributed by atoms with van der Waals surface area (Å²) in [6, 6.07) is 7.04. The van der Waals surface area contributed by atoms with E-state index in [2.05, 4.69) is 15.7 Å². The highest BCUT2D eigenvalue weighted by Crippen LogP contribution is 2.11. The summed E-state index contributed by atoms with van der Waals surface area (Å²) in [6.45, 7) is 0.497. The zero-order valence-corrected chi connectivity index (χ0v) is 16.3. The molecule has 0 saturated heterocycles. The van der Waals surface area contributed by atoms with E-state index in [4.69, 9.17) is 0 Å². The average Bonchev–Trinajstić information content (AvgIpc) is 3.01. The van der Waals surface area contributed by atoms with Crippen LogP contribution < -0.4 is 10.6 Å². The van der Waals surface area contributed by atoms with Crippen LogP contribution in [0.2, 0.25) is 0 Å². The molecule has 1 aromatic heterocycles. The minimum absolute atomic E-state index is 0. The van der Waals surface area contributed by atoms with Crippen LogP contribution in [0, 0.1) is 0 Å². The van der Waals surface area contributed by atoms with Gasteiger partial charge in [-0.15, -0.1) is 12.4 Å². The highest BCUT2D eigenvalue weighted by atomic mass is 35.5. The Balaban J connectivity index is 0.00000338. The number of benzene rings is 1. The molecule has 1 aromatic carbocycles. The number of aromatic nitrogens is 2. The normalized spacial score (nSPS) is 11.4. The maximum atomic E-state index is 12.4. The van der Waals surface area contributed by atoms with Crippen molar-refractivity contribution in [3.8, 4) is 0 Å². The van der Waals surface area contributed by atoms with Crippen molar-refractivity contribution in [2.75, 3.05) is 27.7 Å². The lowest BCUT2D eigenvalue weighted by atomic mass is 10.1. The molecule has 2 rings (SSSR count). The topological polar surface area (TPSA) is 79.3 Å². The van der Waals surface area contributed by atoms with Crippen LogP contribution in [0.1, 0.15) is 27.5 Å². The zero-order valence-electron chi connectivity index (χ0n) is 15.5. The van der Waals surface area contributed by atoms with Crippen LogP contribution in [0.25, 0.3) is 0 Å². The predicted molar refractivity (Wildman–Crippen MR) is 103 cm³/mol. The van der Waals surface area contributed by atoms with Crippen LogP contribution in [0.4, 0.5) is 0 Å². The number of amides is 2. The second-order valence-corrected chi connectivity index (χ2v) is 6.11. The van der Waals surface area contributed by atoms with Crippen molar-refractivity contribution in [1.82, 2.24) is 25.3 Å². The lowest BCUT2D eigenvalue weighted by Crippen LogP contribution is -2.36. The zero-order chi connectivity index (χ0) is 18.4. The molecule has 2 N–H and O–H groups in total. The molecule has 0 spiro atoms. The van der Waals surface area contributed by atoms with Crippen LogP contribution in [0.5, 0.6) is 0 Å². The van der Waals surface area contributed by atoms with Gasteiger partial charge in [0.15, 0.2) is 0 Å². The first kappa shape index (κ1) is 21.7. The summed E-state index contributed by atoms with van der Waals surface area (Å²) < 4.78 is 1.67. The quantitative estimate of drug-likeness (QED) is 0.756. The fraction of sp³-hybridized carbons (Fsp3) is 0.389. The number of hydrogen-bond acceptors (Lipinski definition) is 4. The van der Waals surface area contributed by atoms with Crippen molar-refractivity contribution in [2.24, 2.45) is 7.05 Å². The van der Waals surface area contributed by atoms with Crippen molar-refractivity contribution >= 4 is 24.2 Å². The van der Waals surface area contributed by atoms with Gasteiger partial charge in [0.05, 0.1) is 6.20 Å². The SMILES string of the molecule is CNC(C(=O)NCCc1cccc(C(=O)N(C)C)c1)c1cnn(C)c1.Cl. The Morgan fingerprint density at radius 1 is 1.31 bits per heavy atom. The number of carbonyl (C=O) groups is 2. The van der Waals surface area contributed by atoms with E-state index in [0.29, 0.717) is 18.5 Å². The average molecular weight is 380 g/mol. The molecule has 8 heteroatoms. The summed E-state index contributed by atoms with van der Waals surface area (Å²) in [5.41, 5.74) is 2.48. The number of nitrogens with zero attached hydrogens (tertiary/aromatic N) is 3. The predicted octanol–water partition coefficient (Wildman–Crippen LogP) is 1.16. The van der Waals surface area contributed by atoms with Crippen molar-refractivity contribution in [2.45, 2.75) is 12.5 Å². The van der Waals surface area contributed by atoms with Crippen LogP contribution in [-0.4, -0.2) is 54.2 Å². The third kappa shape index (κ3) is 5.57. The molecule has 0 fully saturated rings. The molecule has 2 amide bonds. The van der Waals surface area contributed by atoms with E-state index in [9.17, 15) is 9.59 Å². The summed E-state index contributed by atoms with van der Waals surface area (Å²) >= 11 is 0. The largest absolute Gasteiger partial charge is 0.354 e. The first-order valence-electron chi connectivity index (χ1n) is 8.16. The highest BCUT2D eigenvalue weighted by Gasteiger charge is 2.19. The number of rotatable bonds is 7. The molecule has 26 heavy (non-hydrogen) atoms. The third-order valence-corrected chi connectivity index (χ3v) is 3.90. The fourth-order valence-electron chi connectivity index (χ4n) is 2.59. The van der Waals surface area contributed by atoms with Crippen LogP contribution >= 0.6 is 12.4 Å². The van der Waals surface area contributed by atoms with E-state index >= 15 is 0 Å². The molecule has 2 aromatic rings. The Bertz CT molecular complexity index is 745. The van der Waals surface area contributed by atoms with Gasteiger partial charge >= 0.3 is 0 Å².